The minimum Gasteiger partial charge on any atom is -0.143 e. The fraction of sp³-hybridized carbons (Fsp3) is 0.733. The summed E-state index contributed by atoms with van der Waals surface area (Å²) in [5.74, 6) is 0. The number of aryl methyl sites for hydroxylation is 1. The molecule has 1 aromatic carbocycles. The monoisotopic (exact) mass is 468 g/mol. The van der Waals surface area contributed by atoms with Gasteiger partial charge in [0.2, 0.25) is 0 Å². The summed E-state index contributed by atoms with van der Waals surface area (Å²) in [6.07, 6.45) is 25.7. The number of rotatable bonds is 16. The lowest BCUT2D eigenvalue weighted by atomic mass is 9.71. The van der Waals surface area contributed by atoms with E-state index in [1.807, 2.05) is 11.3 Å². The van der Waals surface area contributed by atoms with Crippen molar-refractivity contribution in [2.75, 3.05) is 0 Å². The van der Waals surface area contributed by atoms with Crippen molar-refractivity contribution in [2.45, 2.75) is 141 Å². The van der Waals surface area contributed by atoms with E-state index >= 15 is 0 Å². The Morgan fingerprint density at radius 1 is 0.697 bits per heavy atom. The summed E-state index contributed by atoms with van der Waals surface area (Å²) in [5, 5.41) is 11.9. The highest BCUT2D eigenvalue weighted by atomic mass is 32.1. The van der Waals surface area contributed by atoms with Crippen LogP contribution >= 0.6 is 11.3 Å². The molecule has 1 fully saturated rings. The molecule has 0 amide bonds. The smallest absolute Gasteiger partial charge is 0.143 e. The van der Waals surface area contributed by atoms with Gasteiger partial charge in [0, 0.05) is 11.0 Å². The van der Waals surface area contributed by atoms with Crippen molar-refractivity contribution in [3.05, 3.63) is 34.8 Å². The first-order valence-corrected chi connectivity index (χ1v) is 15.0. The standard InChI is InChI=1S/C30H48N2S/c1-3-5-7-9-10-11-12-14-18-26-19-21-27(22-20-26)28-31-32-29(33-28)30(23-15-8-6-4-2)24-16-13-17-25-30/h19-22H,3-18,23-25H2,1-2H3. The summed E-state index contributed by atoms with van der Waals surface area (Å²) in [6, 6.07) is 9.19. The Hall–Kier alpha value is -1.22. The molecule has 0 radical (unpaired) electrons. The van der Waals surface area contributed by atoms with Crippen LogP contribution in [0.1, 0.15) is 140 Å². The first kappa shape index (κ1) is 26.4. The molecule has 0 bridgehead atoms. The normalized spacial score (nSPS) is 15.7. The lowest BCUT2D eigenvalue weighted by Crippen LogP contribution is -2.29. The summed E-state index contributed by atoms with van der Waals surface area (Å²) in [4.78, 5) is 0. The summed E-state index contributed by atoms with van der Waals surface area (Å²) in [7, 11) is 0. The Labute approximate surface area is 208 Å². The lowest BCUT2D eigenvalue weighted by molar-refractivity contribution is 0.263. The molecule has 1 aliphatic rings. The first-order chi connectivity index (χ1) is 16.3. The second-order valence-electron chi connectivity index (χ2n) is 10.5. The van der Waals surface area contributed by atoms with Crippen LogP contribution in [-0.2, 0) is 11.8 Å². The third kappa shape index (κ3) is 8.50. The van der Waals surface area contributed by atoms with E-state index in [0.29, 0.717) is 5.41 Å². The molecule has 184 valence electrons. The van der Waals surface area contributed by atoms with E-state index in [1.165, 1.54) is 138 Å². The zero-order valence-corrected chi connectivity index (χ0v) is 22.4. The van der Waals surface area contributed by atoms with E-state index in [0.717, 1.165) is 5.01 Å². The minimum absolute atomic E-state index is 0.304. The molecule has 3 rings (SSSR count). The van der Waals surface area contributed by atoms with Gasteiger partial charge in [0.1, 0.15) is 10.0 Å². The van der Waals surface area contributed by atoms with Crippen molar-refractivity contribution in [3.63, 3.8) is 0 Å². The zero-order valence-electron chi connectivity index (χ0n) is 21.5. The summed E-state index contributed by atoms with van der Waals surface area (Å²) in [6.45, 7) is 4.59. The second-order valence-corrected chi connectivity index (χ2v) is 11.5. The highest BCUT2D eigenvalue weighted by Gasteiger charge is 2.36. The molecule has 2 nitrogen and oxygen atoms in total. The van der Waals surface area contributed by atoms with Gasteiger partial charge in [-0.05, 0) is 37.7 Å². The zero-order chi connectivity index (χ0) is 23.2. The van der Waals surface area contributed by atoms with Gasteiger partial charge >= 0.3 is 0 Å². The largest absolute Gasteiger partial charge is 0.147 e. The summed E-state index contributed by atoms with van der Waals surface area (Å²) in [5.41, 5.74) is 3.02. The number of hydrogen-bond donors (Lipinski definition) is 0. The molecule has 0 unspecified atom stereocenters. The number of aromatic nitrogens is 2. The van der Waals surface area contributed by atoms with Gasteiger partial charge in [0.25, 0.3) is 0 Å². The van der Waals surface area contributed by atoms with E-state index in [4.69, 9.17) is 5.10 Å². The van der Waals surface area contributed by atoms with Gasteiger partial charge in [0.15, 0.2) is 0 Å². The number of nitrogens with zero attached hydrogens (tertiary/aromatic N) is 2. The summed E-state index contributed by atoms with van der Waals surface area (Å²) < 4.78 is 0. The number of hydrogen-bond acceptors (Lipinski definition) is 3. The molecular formula is C30H48N2S. The van der Waals surface area contributed by atoms with E-state index < -0.39 is 0 Å². The lowest BCUT2D eigenvalue weighted by Gasteiger charge is -2.35. The van der Waals surface area contributed by atoms with Crippen LogP contribution in [0.15, 0.2) is 24.3 Å². The number of unbranched alkanes of at least 4 members (excludes halogenated alkanes) is 10. The number of benzene rings is 1. The molecule has 1 aliphatic carbocycles. The third-order valence-electron chi connectivity index (χ3n) is 7.72. The van der Waals surface area contributed by atoms with E-state index in [9.17, 15) is 0 Å². The molecule has 0 saturated heterocycles. The Balaban J connectivity index is 1.50. The molecular weight excluding hydrogens is 420 g/mol. The average Bonchev–Trinajstić information content (AvgIpc) is 3.36. The Morgan fingerprint density at radius 3 is 1.97 bits per heavy atom. The minimum atomic E-state index is 0.304. The van der Waals surface area contributed by atoms with Crippen LogP contribution in [0.3, 0.4) is 0 Å². The quantitative estimate of drug-likeness (QED) is 0.229. The molecule has 0 aliphatic heterocycles. The highest BCUT2D eigenvalue weighted by Crippen LogP contribution is 2.45. The van der Waals surface area contributed by atoms with Gasteiger partial charge in [-0.3, -0.25) is 0 Å². The van der Waals surface area contributed by atoms with Crippen LogP contribution < -0.4 is 0 Å². The SMILES string of the molecule is CCCCCCCCCCc1ccc(-c2nnc(C3(CCCCCC)CCCCC3)s2)cc1. The van der Waals surface area contributed by atoms with Gasteiger partial charge in [-0.1, -0.05) is 139 Å². The van der Waals surface area contributed by atoms with Crippen LogP contribution in [0.5, 0.6) is 0 Å². The van der Waals surface area contributed by atoms with Crippen molar-refractivity contribution in [1.29, 1.82) is 0 Å². The van der Waals surface area contributed by atoms with E-state index in [-0.39, 0.29) is 0 Å². The van der Waals surface area contributed by atoms with Gasteiger partial charge in [-0.2, -0.15) is 0 Å². The molecule has 3 heteroatoms. The third-order valence-corrected chi connectivity index (χ3v) is 8.94. The molecule has 0 spiro atoms. The van der Waals surface area contributed by atoms with Crippen molar-refractivity contribution in [1.82, 2.24) is 10.2 Å². The fourth-order valence-corrected chi connectivity index (χ4v) is 6.64. The maximum absolute atomic E-state index is 4.77. The van der Waals surface area contributed by atoms with Gasteiger partial charge < -0.3 is 0 Å². The van der Waals surface area contributed by atoms with Gasteiger partial charge in [-0.15, -0.1) is 10.2 Å². The fourth-order valence-electron chi connectivity index (χ4n) is 5.52. The maximum atomic E-state index is 4.77. The van der Waals surface area contributed by atoms with Gasteiger partial charge in [0.05, 0.1) is 0 Å². The molecule has 1 heterocycles. The van der Waals surface area contributed by atoms with E-state index in [1.54, 1.807) is 0 Å². The van der Waals surface area contributed by atoms with Crippen LogP contribution in [0, 0.1) is 0 Å². The predicted octanol–water partition coefficient (Wildman–Crippen LogP) is 10.1. The van der Waals surface area contributed by atoms with Crippen LogP contribution in [0.2, 0.25) is 0 Å². The molecule has 0 atom stereocenters. The molecule has 33 heavy (non-hydrogen) atoms. The van der Waals surface area contributed by atoms with Crippen LogP contribution in [-0.4, -0.2) is 10.2 Å². The van der Waals surface area contributed by atoms with Crippen molar-refractivity contribution in [3.8, 4) is 10.6 Å². The molecule has 0 N–H and O–H groups in total. The van der Waals surface area contributed by atoms with Crippen molar-refractivity contribution < 1.29 is 0 Å². The second kappa shape index (κ2) is 14.9. The average molecular weight is 469 g/mol. The molecule has 2 aromatic rings. The van der Waals surface area contributed by atoms with Crippen molar-refractivity contribution in [2.24, 2.45) is 0 Å². The molecule has 1 aromatic heterocycles. The van der Waals surface area contributed by atoms with Gasteiger partial charge in [-0.25, -0.2) is 0 Å². The molecule has 1 saturated carbocycles. The highest BCUT2D eigenvalue weighted by molar-refractivity contribution is 7.14. The Morgan fingerprint density at radius 2 is 1.30 bits per heavy atom. The summed E-state index contributed by atoms with van der Waals surface area (Å²) >= 11 is 1.87. The Kier molecular flexibility index (Phi) is 11.9. The topological polar surface area (TPSA) is 25.8 Å². The Bertz CT molecular complexity index is 758. The van der Waals surface area contributed by atoms with Crippen LogP contribution in [0.4, 0.5) is 0 Å². The van der Waals surface area contributed by atoms with E-state index in [2.05, 4.69) is 43.2 Å². The predicted molar refractivity (Wildman–Crippen MR) is 145 cm³/mol. The maximum Gasteiger partial charge on any atom is 0.147 e. The van der Waals surface area contributed by atoms with Crippen LogP contribution in [0.25, 0.3) is 10.6 Å². The first-order valence-electron chi connectivity index (χ1n) is 14.2. The van der Waals surface area contributed by atoms with Crippen molar-refractivity contribution >= 4 is 11.3 Å².